The number of alkyl halides is 3. The third-order valence-electron chi connectivity index (χ3n) is 6.07. The van der Waals surface area contributed by atoms with Crippen molar-refractivity contribution in [2.75, 3.05) is 39.8 Å². The Bertz CT molecular complexity index is 698. The number of aliphatic imine (C=N–C) groups is 1. The fraction of sp³-hybridized carbons (Fsp3) is 0.667. The predicted molar refractivity (Wildman–Crippen MR) is 122 cm³/mol. The summed E-state index contributed by atoms with van der Waals surface area (Å²) < 4.78 is 51.5. The summed E-state index contributed by atoms with van der Waals surface area (Å²) in [7, 11) is 1.70. The quantitative estimate of drug-likeness (QED) is 0.234. The lowest BCUT2D eigenvalue weighted by molar-refractivity contribution is -0.148. The molecule has 0 spiro atoms. The van der Waals surface area contributed by atoms with Crippen LogP contribution in [0.25, 0.3) is 0 Å². The maximum absolute atomic E-state index is 14.1. The van der Waals surface area contributed by atoms with Crippen LogP contribution >= 0.6 is 24.0 Å². The molecule has 0 aromatic heterocycles. The molecule has 0 bridgehead atoms. The highest BCUT2D eigenvalue weighted by Gasteiger charge is 2.45. The van der Waals surface area contributed by atoms with Crippen LogP contribution in [0.1, 0.15) is 37.7 Å². The lowest BCUT2D eigenvalue weighted by atomic mass is 9.93. The van der Waals surface area contributed by atoms with Gasteiger partial charge in [0.05, 0.1) is 6.54 Å². The highest BCUT2D eigenvalue weighted by atomic mass is 127. The van der Waals surface area contributed by atoms with Crippen LogP contribution in [0.4, 0.5) is 17.6 Å². The fourth-order valence-corrected chi connectivity index (χ4v) is 4.14. The fourth-order valence-electron chi connectivity index (χ4n) is 4.14. The van der Waals surface area contributed by atoms with E-state index in [2.05, 4.69) is 15.6 Å². The monoisotopic (exact) mass is 542 g/mol. The lowest BCUT2D eigenvalue weighted by Crippen LogP contribution is -2.43. The Balaban J connectivity index is 0.00000320. The van der Waals surface area contributed by atoms with Crippen molar-refractivity contribution in [2.24, 2.45) is 10.9 Å². The van der Waals surface area contributed by atoms with Crippen molar-refractivity contribution in [2.45, 2.75) is 43.7 Å². The molecule has 3 rings (SSSR count). The molecule has 9 heteroatoms. The first-order valence-corrected chi connectivity index (χ1v) is 10.3. The van der Waals surface area contributed by atoms with Crippen molar-refractivity contribution in [1.29, 1.82) is 0 Å². The van der Waals surface area contributed by atoms with Crippen molar-refractivity contribution in [3.63, 3.8) is 0 Å². The highest BCUT2D eigenvalue weighted by molar-refractivity contribution is 14.0. The summed E-state index contributed by atoms with van der Waals surface area (Å²) >= 11 is 0. The molecule has 1 aromatic carbocycles. The van der Waals surface area contributed by atoms with Crippen LogP contribution in [0.15, 0.2) is 29.3 Å². The molecular weight excluding hydrogens is 511 g/mol. The second-order valence-electron chi connectivity index (χ2n) is 8.24. The molecule has 170 valence electrons. The van der Waals surface area contributed by atoms with Crippen molar-refractivity contribution in [3.05, 3.63) is 35.6 Å². The number of hydrogen-bond donors (Lipinski definition) is 2. The van der Waals surface area contributed by atoms with Gasteiger partial charge < -0.3 is 10.6 Å². The standard InChI is InChI=1S/C21H30F4N4.HI/c1-26-19(28-14-20(9-10-20)17-4-2-3-5-18(17)22)27-11-6-16-7-12-29(13-8-16)15-21(23,24)25;/h2-5,16H,6-15H2,1H3,(H2,26,27,28);1H. The number of halogens is 5. The van der Waals surface area contributed by atoms with Gasteiger partial charge in [0.15, 0.2) is 5.96 Å². The molecule has 1 heterocycles. The average molecular weight is 542 g/mol. The van der Waals surface area contributed by atoms with Crippen LogP contribution in [-0.2, 0) is 5.41 Å². The number of benzene rings is 1. The molecule has 1 aliphatic heterocycles. The average Bonchev–Trinajstić information content (AvgIpc) is 3.46. The van der Waals surface area contributed by atoms with Gasteiger partial charge in [-0.3, -0.25) is 9.89 Å². The third-order valence-corrected chi connectivity index (χ3v) is 6.07. The number of likely N-dealkylation sites (tertiary alicyclic amines) is 1. The second kappa shape index (κ2) is 11.0. The van der Waals surface area contributed by atoms with E-state index in [1.807, 2.05) is 12.1 Å². The molecule has 0 atom stereocenters. The largest absolute Gasteiger partial charge is 0.401 e. The second-order valence-corrected chi connectivity index (χ2v) is 8.24. The van der Waals surface area contributed by atoms with Crippen LogP contribution in [0, 0.1) is 11.7 Å². The Hall–Kier alpha value is -1.10. The molecular formula is C21H31F4IN4. The van der Waals surface area contributed by atoms with E-state index in [-0.39, 0.29) is 35.2 Å². The Labute approximate surface area is 192 Å². The van der Waals surface area contributed by atoms with E-state index in [0.29, 0.717) is 31.5 Å². The topological polar surface area (TPSA) is 39.7 Å². The van der Waals surface area contributed by atoms with Gasteiger partial charge in [0, 0.05) is 25.6 Å². The van der Waals surface area contributed by atoms with Crippen molar-refractivity contribution < 1.29 is 17.6 Å². The van der Waals surface area contributed by atoms with Gasteiger partial charge in [-0.2, -0.15) is 13.2 Å². The molecule has 30 heavy (non-hydrogen) atoms. The molecule has 2 N–H and O–H groups in total. The van der Waals surface area contributed by atoms with E-state index in [1.54, 1.807) is 13.1 Å². The maximum Gasteiger partial charge on any atom is 0.401 e. The Morgan fingerprint density at radius 2 is 1.83 bits per heavy atom. The predicted octanol–water partition coefficient (Wildman–Crippen LogP) is 4.30. The van der Waals surface area contributed by atoms with Crippen LogP contribution < -0.4 is 10.6 Å². The number of rotatable bonds is 7. The van der Waals surface area contributed by atoms with Gasteiger partial charge in [0.2, 0.25) is 0 Å². The zero-order valence-corrected chi connectivity index (χ0v) is 19.6. The van der Waals surface area contributed by atoms with E-state index in [1.165, 1.54) is 11.0 Å². The van der Waals surface area contributed by atoms with E-state index in [4.69, 9.17) is 0 Å². The molecule has 0 unspecified atom stereocenters. The smallest absolute Gasteiger partial charge is 0.356 e. The summed E-state index contributed by atoms with van der Waals surface area (Å²) in [6, 6.07) is 6.93. The maximum atomic E-state index is 14.1. The van der Waals surface area contributed by atoms with Crippen LogP contribution in [0.5, 0.6) is 0 Å². The summed E-state index contributed by atoms with van der Waals surface area (Å²) in [5, 5.41) is 6.59. The molecule has 0 amide bonds. The Morgan fingerprint density at radius 3 is 2.40 bits per heavy atom. The van der Waals surface area contributed by atoms with Gasteiger partial charge in [-0.15, -0.1) is 24.0 Å². The molecule has 1 saturated carbocycles. The minimum absolute atomic E-state index is 0. The summed E-state index contributed by atoms with van der Waals surface area (Å²) in [5.74, 6) is 0.951. The van der Waals surface area contributed by atoms with Crippen LogP contribution in [-0.4, -0.2) is 56.8 Å². The van der Waals surface area contributed by atoms with E-state index < -0.39 is 12.7 Å². The molecule has 2 aliphatic rings. The van der Waals surface area contributed by atoms with E-state index in [9.17, 15) is 17.6 Å². The molecule has 4 nitrogen and oxygen atoms in total. The van der Waals surface area contributed by atoms with Crippen LogP contribution in [0.3, 0.4) is 0 Å². The van der Waals surface area contributed by atoms with E-state index >= 15 is 0 Å². The first kappa shape index (κ1) is 25.2. The van der Waals surface area contributed by atoms with E-state index in [0.717, 1.165) is 44.2 Å². The van der Waals surface area contributed by atoms with Gasteiger partial charge >= 0.3 is 6.18 Å². The number of nitrogens with zero attached hydrogens (tertiary/aromatic N) is 2. The van der Waals surface area contributed by atoms with Crippen molar-refractivity contribution in [1.82, 2.24) is 15.5 Å². The normalized spacial score (nSPS) is 19.8. The molecule has 0 radical (unpaired) electrons. The van der Waals surface area contributed by atoms with Gasteiger partial charge in [-0.25, -0.2) is 4.39 Å². The number of nitrogens with one attached hydrogen (secondary N) is 2. The third kappa shape index (κ3) is 7.25. The molecule has 1 aliphatic carbocycles. The van der Waals surface area contributed by atoms with Gasteiger partial charge in [-0.1, -0.05) is 18.2 Å². The number of hydrogen-bond acceptors (Lipinski definition) is 2. The summed E-state index contributed by atoms with van der Waals surface area (Å²) in [4.78, 5) is 5.73. The zero-order valence-electron chi connectivity index (χ0n) is 17.3. The summed E-state index contributed by atoms with van der Waals surface area (Å²) in [5.41, 5.74) is 0.599. The van der Waals surface area contributed by atoms with Crippen molar-refractivity contribution in [3.8, 4) is 0 Å². The Morgan fingerprint density at radius 1 is 1.17 bits per heavy atom. The minimum Gasteiger partial charge on any atom is -0.356 e. The first-order valence-electron chi connectivity index (χ1n) is 10.3. The Kier molecular flexibility index (Phi) is 9.20. The van der Waals surface area contributed by atoms with Crippen molar-refractivity contribution >= 4 is 29.9 Å². The summed E-state index contributed by atoms with van der Waals surface area (Å²) in [6.45, 7) is 1.54. The van der Waals surface area contributed by atoms with Gasteiger partial charge in [0.1, 0.15) is 5.82 Å². The minimum atomic E-state index is -4.12. The molecule has 2 fully saturated rings. The van der Waals surface area contributed by atoms with Gasteiger partial charge in [-0.05, 0) is 62.7 Å². The van der Waals surface area contributed by atoms with Gasteiger partial charge in [0.25, 0.3) is 0 Å². The zero-order chi connectivity index (χ0) is 20.9. The number of guanidine groups is 1. The molecule has 1 aromatic rings. The highest BCUT2D eigenvalue weighted by Crippen LogP contribution is 2.48. The SMILES string of the molecule is CN=C(NCCC1CCN(CC(F)(F)F)CC1)NCC1(c2ccccc2F)CC1.I. The number of piperidine rings is 1. The summed E-state index contributed by atoms with van der Waals surface area (Å²) in [6.07, 6.45) is 0.274. The molecule has 1 saturated heterocycles. The first-order chi connectivity index (χ1) is 13.8. The van der Waals surface area contributed by atoms with Crippen LogP contribution in [0.2, 0.25) is 0 Å². The lowest BCUT2D eigenvalue weighted by Gasteiger charge is -2.32.